The van der Waals surface area contributed by atoms with Gasteiger partial charge < -0.3 is 19.7 Å². The fourth-order valence-corrected chi connectivity index (χ4v) is 3.82. The number of aliphatic hydroxyl groups is 1. The average molecular weight is 436 g/mol. The van der Waals surface area contributed by atoms with Crippen LogP contribution in [0.15, 0.2) is 55.0 Å². The summed E-state index contributed by atoms with van der Waals surface area (Å²) in [5.41, 5.74) is 2.00. The number of benzene rings is 1. The van der Waals surface area contributed by atoms with E-state index in [1.807, 2.05) is 48.0 Å². The van der Waals surface area contributed by atoms with Crippen molar-refractivity contribution < 1.29 is 14.6 Å². The number of imidazole rings is 1. The van der Waals surface area contributed by atoms with E-state index in [4.69, 9.17) is 9.72 Å². The number of aliphatic hydroxyl groups excluding tert-OH is 1. The smallest absolute Gasteiger partial charge is 0.270 e. The lowest BCUT2D eigenvalue weighted by Gasteiger charge is -2.31. The Morgan fingerprint density at radius 2 is 1.75 bits per heavy atom. The predicted molar refractivity (Wildman–Crippen MR) is 120 cm³/mol. The Bertz CT molecular complexity index is 985. The van der Waals surface area contributed by atoms with Crippen molar-refractivity contribution in [1.29, 1.82) is 0 Å². The molecule has 1 aliphatic carbocycles. The second kappa shape index (κ2) is 10.5. The second-order valence-corrected chi connectivity index (χ2v) is 8.23. The zero-order valence-electron chi connectivity index (χ0n) is 18.2. The number of rotatable bonds is 4. The van der Waals surface area contributed by atoms with Crippen molar-refractivity contribution in [2.75, 3.05) is 13.2 Å². The van der Waals surface area contributed by atoms with Crippen LogP contribution in [0, 0.1) is 0 Å². The van der Waals surface area contributed by atoms with Crippen molar-refractivity contribution >= 4 is 5.91 Å². The third-order valence-electron chi connectivity index (χ3n) is 5.78. The molecule has 2 aliphatic rings. The van der Waals surface area contributed by atoms with Crippen molar-refractivity contribution in [3.05, 3.63) is 66.4 Å². The van der Waals surface area contributed by atoms with Crippen LogP contribution in [0.1, 0.15) is 47.8 Å². The molecule has 5 rings (SSSR count). The summed E-state index contributed by atoms with van der Waals surface area (Å²) in [7, 11) is 1.88. The fraction of sp³-hybridized carbons (Fsp3) is 0.417. The van der Waals surface area contributed by atoms with Crippen LogP contribution in [0.5, 0.6) is 0 Å². The highest BCUT2D eigenvalue weighted by Gasteiger charge is 2.29. The van der Waals surface area contributed by atoms with Crippen LogP contribution in [-0.4, -0.2) is 55.9 Å². The Morgan fingerprint density at radius 3 is 2.31 bits per heavy atom. The summed E-state index contributed by atoms with van der Waals surface area (Å²) in [4.78, 5) is 26.0. The normalized spacial score (nSPS) is 20.6. The molecule has 0 spiro atoms. The number of aryl methyl sites for hydroxylation is 1. The molecule has 0 radical (unpaired) electrons. The summed E-state index contributed by atoms with van der Waals surface area (Å²) in [6.45, 7) is 1.41. The Kier molecular flexibility index (Phi) is 7.24. The highest BCUT2D eigenvalue weighted by molar-refractivity contribution is 5.93. The number of hydrogen-bond donors (Lipinski definition) is 2. The van der Waals surface area contributed by atoms with Crippen molar-refractivity contribution in [2.24, 2.45) is 7.05 Å². The van der Waals surface area contributed by atoms with E-state index in [-0.39, 0.29) is 24.0 Å². The zero-order valence-corrected chi connectivity index (χ0v) is 18.2. The van der Waals surface area contributed by atoms with Gasteiger partial charge in [-0.3, -0.25) is 4.79 Å². The van der Waals surface area contributed by atoms with Gasteiger partial charge in [-0.15, -0.1) is 0 Å². The highest BCUT2D eigenvalue weighted by atomic mass is 16.5. The van der Waals surface area contributed by atoms with Crippen molar-refractivity contribution in [2.45, 2.75) is 43.7 Å². The molecule has 8 nitrogen and oxygen atoms in total. The average Bonchev–Trinajstić information content (AvgIpc) is 3.26. The maximum atomic E-state index is 12.7. The van der Waals surface area contributed by atoms with Gasteiger partial charge >= 0.3 is 0 Å². The van der Waals surface area contributed by atoms with E-state index >= 15 is 0 Å². The maximum absolute atomic E-state index is 12.7. The third kappa shape index (κ3) is 5.57. The number of carbonyl (C=O) groups is 1. The maximum Gasteiger partial charge on any atom is 0.270 e. The molecule has 168 valence electrons. The molecule has 2 fully saturated rings. The molecular formula is C24H29N5O3. The predicted octanol–water partition coefficient (Wildman–Crippen LogP) is 2.71. The largest absolute Gasteiger partial charge is 0.393 e. The molecule has 2 aromatic heterocycles. The van der Waals surface area contributed by atoms with Gasteiger partial charge in [0.2, 0.25) is 0 Å². The van der Waals surface area contributed by atoms with E-state index in [9.17, 15) is 9.90 Å². The molecule has 1 aromatic carbocycles. The number of nitrogens with zero attached hydrogens (tertiary/aromatic N) is 4. The monoisotopic (exact) mass is 435 g/mol. The molecule has 1 saturated heterocycles. The van der Waals surface area contributed by atoms with E-state index in [1.54, 1.807) is 18.6 Å². The van der Waals surface area contributed by atoms with Gasteiger partial charge in [0.05, 0.1) is 18.6 Å². The standard InChI is InChI=1S/C18H23N5O3.C6H6/c1-23-10-19-9-16(23)17-21-14(11-2-4-26-5-3-11)8-15(22-17)18(25)20-12-6-13(24)7-12;1-2-4-6-5-3-1/h8-13,24H,2-7H2,1H3,(H,20,25);1-6H. The molecule has 0 unspecified atom stereocenters. The van der Waals surface area contributed by atoms with Gasteiger partial charge in [-0.05, 0) is 31.7 Å². The van der Waals surface area contributed by atoms with Gasteiger partial charge in [0, 0.05) is 37.9 Å². The number of ether oxygens (including phenoxy) is 1. The van der Waals surface area contributed by atoms with Gasteiger partial charge in [0.1, 0.15) is 11.4 Å². The van der Waals surface area contributed by atoms with Crippen LogP contribution in [0.2, 0.25) is 0 Å². The molecule has 0 atom stereocenters. The Balaban J connectivity index is 0.000000354. The molecule has 1 saturated carbocycles. The number of hydrogen-bond acceptors (Lipinski definition) is 6. The molecule has 3 heterocycles. The summed E-state index contributed by atoms with van der Waals surface area (Å²) in [6, 6.07) is 13.8. The van der Waals surface area contributed by atoms with Crippen molar-refractivity contribution in [3.8, 4) is 11.5 Å². The van der Waals surface area contributed by atoms with Crippen LogP contribution >= 0.6 is 0 Å². The quantitative estimate of drug-likeness (QED) is 0.653. The Hall–Kier alpha value is -3.10. The topological polar surface area (TPSA) is 102 Å². The molecule has 1 aliphatic heterocycles. The SMILES string of the molecule is Cn1cncc1-c1nc(C(=O)NC2CC(O)C2)cc(C2CCOCC2)n1.c1ccccc1. The van der Waals surface area contributed by atoms with E-state index in [1.165, 1.54) is 0 Å². The van der Waals surface area contributed by atoms with Crippen molar-refractivity contribution in [3.63, 3.8) is 0 Å². The first-order valence-electron chi connectivity index (χ1n) is 11.0. The van der Waals surface area contributed by atoms with Gasteiger partial charge in [0.15, 0.2) is 5.82 Å². The van der Waals surface area contributed by atoms with Gasteiger partial charge in [-0.1, -0.05) is 36.4 Å². The first kappa shape index (κ1) is 22.1. The lowest BCUT2D eigenvalue weighted by atomic mass is 9.89. The van der Waals surface area contributed by atoms with Crippen molar-refractivity contribution in [1.82, 2.24) is 24.8 Å². The van der Waals surface area contributed by atoms with Crippen LogP contribution in [0.25, 0.3) is 11.5 Å². The van der Waals surface area contributed by atoms with Crippen LogP contribution in [-0.2, 0) is 11.8 Å². The number of amides is 1. The lowest BCUT2D eigenvalue weighted by Crippen LogP contribution is -2.47. The fourth-order valence-electron chi connectivity index (χ4n) is 3.82. The Morgan fingerprint density at radius 1 is 1.09 bits per heavy atom. The van der Waals surface area contributed by atoms with E-state index in [0.717, 1.165) is 24.2 Å². The first-order chi connectivity index (χ1) is 15.6. The number of aromatic nitrogens is 4. The first-order valence-corrected chi connectivity index (χ1v) is 11.0. The van der Waals surface area contributed by atoms with Gasteiger partial charge in [-0.2, -0.15) is 0 Å². The molecule has 32 heavy (non-hydrogen) atoms. The number of nitrogens with one attached hydrogen (secondary N) is 1. The number of carbonyl (C=O) groups excluding carboxylic acids is 1. The summed E-state index contributed by atoms with van der Waals surface area (Å²) in [6.07, 6.45) is 6.04. The third-order valence-corrected chi connectivity index (χ3v) is 5.78. The molecule has 2 N–H and O–H groups in total. The van der Waals surface area contributed by atoms with Crippen LogP contribution in [0.3, 0.4) is 0 Å². The second-order valence-electron chi connectivity index (χ2n) is 8.23. The zero-order chi connectivity index (χ0) is 22.3. The molecule has 1 amide bonds. The van der Waals surface area contributed by atoms with Gasteiger partial charge in [0.25, 0.3) is 5.91 Å². The minimum atomic E-state index is -0.312. The Labute approximate surface area is 187 Å². The minimum absolute atomic E-state index is 0.0131. The van der Waals surface area contributed by atoms with Gasteiger partial charge in [-0.25, -0.2) is 15.0 Å². The summed E-state index contributed by atoms with van der Waals surface area (Å²) < 4.78 is 7.29. The minimum Gasteiger partial charge on any atom is -0.393 e. The highest BCUT2D eigenvalue weighted by Crippen LogP contribution is 2.28. The van der Waals surface area contributed by atoms with E-state index < -0.39 is 0 Å². The summed E-state index contributed by atoms with van der Waals surface area (Å²) in [5.74, 6) is 0.546. The van der Waals surface area contributed by atoms with Crippen LogP contribution in [0.4, 0.5) is 0 Å². The summed E-state index contributed by atoms with van der Waals surface area (Å²) >= 11 is 0. The molecular weight excluding hydrogens is 406 g/mol. The van der Waals surface area contributed by atoms with E-state index in [0.29, 0.717) is 37.6 Å². The molecule has 8 heteroatoms. The van der Waals surface area contributed by atoms with Crippen LogP contribution < -0.4 is 5.32 Å². The summed E-state index contributed by atoms with van der Waals surface area (Å²) in [5, 5.41) is 12.4. The van der Waals surface area contributed by atoms with E-state index in [2.05, 4.69) is 15.3 Å². The lowest BCUT2D eigenvalue weighted by molar-refractivity contribution is 0.0560. The molecule has 3 aromatic rings. The molecule has 0 bridgehead atoms.